The van der Waals surface area contributed by atoms with E-state index in [2.05, 4.69) is 15.1 Å². The molecular formula is C6H7F2N3O. The summed E-state index contributed by atoms with van der Waals surface area (Å²) in [5.41, 5.74) is 2.25. The molecule has 1 aromatic heterocycles. The van der Waals surface area contributed by atoms with Crippen molar-refractivity contribution in [2.24, 2.45) is 5.84 Å². The molecule has 0 atom stereocenters. The number of nitrogens with zero attached hydrogens (tertiary/aromatic N) is 1. The Balaban J connectivity index is 2.65. The molecule has 3 N–H and O–H groups in total. The van der Waals surface area contributed by atoms with Crippen molar-refractivity contribution in [2.75, 3.05) is 5.43 Å². The lowest BCUT2D eigenvalue weighted by Gasteiger charge is -2.03. The molecule has 0 aliphatic carbocycles. The largest absolute Gasteiger partial charge is 0.433 e. The zero-order valence-electron chi connectivity index (χ0n) is 6.00. The van der Waals surface area contributed by atoms with Gasteiger partial charge in [-0.1, -0.05) is 0 Å². The summed E-state index contributed by atoms with van der Waals surface area (Å²) in [6, 6.07) is 2.77. The summed E-state index contributed by atoms with van der Waals surface area (Å²) in [4.78, 5) is 3.66. The second kappa shape index (κ2) is 3.82. The highest BCUT2D eigenvalue weighted by molar-refractivity contribution is 5.35. The van der Waals surface area contributed by atoms with Crippen molar-refractivity contribution < 1.29 is 13.5 Å². The van der Waals surface area contributed by atoms with Gasteiger partial charge in [-0.15, -0.1) is 0 Å². The van der Waals surface area contributed by atoms with Crippen molar-refractivity contribution in [3.63, 3.8) is 0 Å². The molecule has 4 nitrogen and oxygen atoms in total. The van der Waals surface area contributed by atoms with Crippen molar-refractivity contribution in [3.05, 3.63) is 18.3 Å². The Morgan fingerprint density at radius 2 is 2.25 bits per heavy atom. The smallest absolute Gasteiger partial charge is 0.387 e. The second-order valence-corrected chi connectivity index (χ2v) is 1.90. The van der Waals surface area contributed by atoms with Crippen molar-refractivity contribution in [1.29, 1.82) is 0 Å². The number of nitrogens with two attached hydrogens (primary N) is 1. The molecule has 66 valence electrons. The van der Waals surface area contributed by atoms with E-state index in [9.17, 15) is 8.78 Å². The third kappa shape index (κ3) is 2.31. The first-order chi connectivity index (χ1) is 5.72. The van der Waals surface area contributed by atoms with E-state index in [4.69, 9.17) is 5.84 Å². The SMILES string of the molecule is NNc1ccc(OC(F)F)cn1. The number of hydrazine groups is 1. The molecule has 0 fully saturated rings. The van der Waals surface area contributed by atoms with Crippen LogP contribution in [0.4, 0.5) is 14.6 Å². The Bertz CT molecular complexity index is 239. The minimum Gasteiger partial charge on any atom is -0.433 e. The number of hydrogen-bond acceptors (Lipinski definition) is 4. The fourth-order valence-corrected chi connectivity index (χ4v) is 0.638. The van der Waals surface area contributed by atoms with E-state index in [0.29, 0.717) is 5.82 Å². The molecule has 0 bridgehead atoms. The number of pyridine rings is 1. The molecule has 1 rings (SSSR count). The first kappa shape index (κ1) is 8.66. The average Bonchev–Trinajstić information content (AvgIpc) is 2.05. The minimum atomic E-state index is -2.83. The van der Waals surface area contributed by atoms with Crippen LogP contribution in [0.15, 0.2) is 18.3 Å². The van der Waals surface area contributed by atoms with Crippen molar-refractivity contribution in [2.45, 2.75) is 6.61 Å². The van der Waals surface area contributed by atoms with Gasteiger partial charge in [0.25, 0.3) is 0 Å². The van der Waals surface area contributed by atoms with Crippen LogP contribution in [0.5, 0.6) is 5.75 Å². The molecular weight excluding hydrogens is 168 g/mol. The van der Waals surface area contributed by atoms with Gasteiger partial charge in [-0.3, -0.25) is 0 Å². The molecule has 0 amide bonds. The quantitative estimate of drug-likeness (QED) is 0.530. The number of nitrogen functional groups attached to an aromatic ring is 1. The summed E-state index contributed by atoms with van der Waals surface area (Å²) in [5.74, 6) is 5.39. The summed E-state index contributed by atoms with van der Waals surface area (Å²) in [6.45, 7) is -2.83. The number of hydrogen-bond donors (Lipinski definition) is 2. The standard InChI is InChI=1S/C6H7F2N3O/c7-6(8)12-4-1-2-5(11-9)10-3-4/h1-3,6H,9H2,(H,10,11). The van der Waals surface area contributed by atoms with Gasteiger partial charge < -0.3 is 10.2 Å². The van der Waals surface area contributed by atoms with Gasteiger partial charge >= 0.3 is 6.61 Å². The van der Waals surface area contributed by atoms with Gasteiger partial charge in [-0.25, -0.2) is 10.8 Å². The summed E-state index contributed by atoms with van der Waals surface area (Å²) >= 11 is 0. The van der Waals surface area contributed by atoms with E-state index in [1.165, 1.54) is 12.1 Å². The second-order valence-electron chi connectivity index (χ2n) is 1.90. The molecule has 1 aromatic rings. The number of ether oxygens (including phenoxy) is 1. The predicted octanol–water partition coefficient (Wildman–Crippen LogP) is 0.969. The summed E-state index contributed by atoms with van der Waals surface area (Å²) in [6.07, 6.45) is 1.15. The van der Waals surface area contributed by atoms with Crippen LogP contribution >= 0.6 is 0 Å². The maximum atomic E-state index is 11.6. The molecule has 0 aliphatic rings. The molecule has 0 unspecified atom stereocenters. The van der Waals surface area contributed by atoms with Gasteiger partial charge in [-0.05, 0) is 12.1 Å². The molecule has 0 radical (unpaired) electrons. The number of alkyl halides is 2. The Morgan fingerprint density at radius 1 is 1.50 bits per heavy atom. The fraction of sp³-hybridized carbons (Fsp3) is 0.167. The maximum Gasteiger partial charge on any atom is 0.387 e. The molecule has 1 heterocycles. The summed E-state index contributed by atoms with van der Waals surface area (Å²) in [5, 5.41) is 0. The lowest BCUT2D eigenvalue weighted by atomic mass is 10.4. The van der Waals surface area contributed by atoms with Crippen LogP contribution in [0, 0.1) is 0 Å². The Morgan fingerprint density at radius 3 is 2.67 bits per heavy atom. The van der Waals surface area contributed by atoms with Crippen molar-refractivity contribution >= 4 is 5.82 Å². The number of nitrogens with one attached hydrogen (secondary N) is 1. The first-order valence-corrected chi connectivity index (χ1v) is 3.10. The van der Waals surface area contributed by atoms with E-state index >= 15 is 0 Å². The van der Waals surface area contributed by atoms with Crippen LogP contribution in [0.2, 0.25) is 0 Å². The highest BCUT2D eigenvalue weighted by atomic mass is 19.3. The topological polar surface area (TPSA) is 60.2 Å². The van der Waals surface area contributed by atoms with E-state index in [-0.39, 0.29) is 5.75 Å². The first-order valence-electron chi connectivity index (χ1n) is 3.10. The van der Waals surface area contributed by atoms with Crippen LogP contribution in [0.25, 0.3) is 0 Å². The molecule has 0 aromatic carbocycles. The molecule has 0 saturated carbocycles. The highest BCUT2D eigenvalue weighted by Gasteiger charge is 2.03. The number of aromatic nitrogens is 1. The van der Waals surface area contributed by atoms with Crippen molar-refractivity contribution in [3.8, 4) is 5.75 Å². The number of halogens is 2. The molecule has 0 spiro atoms. The van der Waals surface area contributed by atoms with E-state index in [1.807, 2.05) is 0 Å². The van der Waals surface area contributed by atoms with E-state index in [1.54, 1.807) is 0 Å². The molecule has 6 heteroatoms. The Hall–Kier alpha value is -1.43. The van der Waals surface area contributed by atoms with Gasteiger partial charge in [0.15, 0.2) is 0 Å². The van der Waals surface area contributed by atoms with E-state index < -0.39 is 6.61 Å². The van der Waals surface area contributed by atoms with Gasteiger partial charge in [0, 0.05) is 0 Å². The average molecular weight is 175 g/mol. The minimum absolute atomic E-state index is 0.00370. The fourth-order valence-electron chi connectivity index (χ4n) is 0.638. The maximum absolute atomic E-state index is 11.6. The Kier molecular flexibility index (Phi) is 2.76. The van der Waals surface area contributed by atoms with Crippen LogP contribution in [-0.2, 0) is 0 Å². The van der Waals surface area contributed by atoms with Crippen LogP contribution < -0.4 is 16.0 Å². The van der Waals surface area contributed by atoms with Crippen LogP contribution in [0.3, 0.4) is 0 Å². The zero-order valence-corrected chi connectivity index (χ0v) is 6.00. The normalized spacial score (nSPS) is 10.0. The third-order valence-electron chi connectivity index (χ3n) is 1.11. The summed E-state index contributed by atoms with van der Waals surface area (Å²) in [7, 11) is 0. The van der Waals surface area contributed by atoms with Crippen LogP contribution in [0.1, 0.15) is 0 Å². The van der Waals surface area contributed by atoms with E-state index in [0.717, 1.165) is 6.20 Å². The third-order valence-corrected chi connectivity index (χ3v) is 1.11. The highest BCUT2D eigenvalue weighted by Crippen LogP contribution is 2.13. The van der Waals surface area contributed by atoms with Gasteiger partial charge in [0.2, 0.25) is 0 Å². The van der Waals surface area contributed by atoms with Crippen LogP contribution in [-0.4, -0.2) is 11.6 Å². The Labute approximate surface area is 67.3 Å². The summed E-state index contributed by atoms with van der Waals surface area (Å²) < 4.78 is 27.3. The van der Waals surface area contributed by atoms with Gasteiger partial charge in [0.1, 0.15) is 11.6 Å². The molecule has 0 aliphatic heterocycles. The molecule has 0 saturated heterocycles. The van der Waals surface area contributed by atoms with Gasteiger partial charge in [-0.2, -0.15) is 8.78 Å². The predicted molar refractivity (Wildman–Crippen MR) is 38.7 cm³/mol. The molecule has 12 heavy (non-hydrogen) atoms. The lowest BCUT2D eigenvalue weighted by molar-refractivity contribution is -0.0500. The lowest BCUT2D eigenvalue weighted by Crippen LogP contribution is -2.08. The number of anilines is 1. The number of rotatable bonds is 3. The monoisotopic (exact) mass is 175 g/mol. The van der Waals surface area contributed by atoms with Gasteiger partial charge in [0.05, 0.1) is 6.20 Å². The van der Waals surface area contributed by atoms with Crippen molar-refractivity contribution in [1.82, 2.24) is 4.98 Å². The zero-order chi connectivity index (χ0) is 8.97.